The van der Waals surface area contributed by atoms with E-state index in [0.717, 1.165) is 22.7 Å². The SMILES string of the molecule is N=C1C(c2nc(-c3ccc(Cl)cc3)cs2)=C(O)CN1c1ccc(Oc2ccccc2)cc1. The van der Waals surface area contributed by atoms with Gasteiger partial charge in [0, 0.05) is 21.7 Å². The Balaban J connectivity index is 1.34. The van der Waals surface area contributed by atoms with Crippen molar-refractivity contribution in [2.24, 2.45) is 0 Å². The van der Waals surface area contributed by atoms with Crippen LogP contribution in [0.1, 0.15) is 5.01 Å². The van der Waals surface area contributed by atoms with Crippen LogP contribution in [-0.4, -0.2) is 22.5 Å². The van der Waals surface area contributed by atoms with Crippen molar-refractivity contribution in [1.82, 2.24) is 4.98 Å². The van der Waals surface area contributed by atoms with Gasteiger partial charge in [-0.05, 0) is 48.5 Å². The van der Waals surface area contributed by atoms with Gasteiger partial charge in [-0.1, -0.05) is 41.9 Å². The third-order valence-corrected chi connectivity index (χ3v) is 6.20. The number of rotatable bonds is 5. The van der Waals surface area contributed by atoms with E-state index in [-0.39, 0.29) is 18.1 Å². The summed E-state index contributed by atoms with van der Waals surface area (Å²) in [5.41, 5.74) is 2.98. The average Bonchev–Trinajstić information content (AvgIpc) is 3.40. The van der Waals surface area contributed by atoms with Gasteiger partial charge in [0.25, 0.3) is 0 Å². The molecule has 2 heterocycles. The first-order valence-corrected chi connectivity index (χ1v) is 11.2. The molecule has 0 spiro atoms. The topological polar surface area (TPSA) is 69.4 Å². The van der Waals surface area contributed by atoms with Crippen molar-refractivity contribution in [2.75, 3.05) is 11.4 Å². The van der Waals surface area contributed by atoms with Crippen molar-refractivity contribution in [3.8, 4) is 22.8 Å². The van der Waals surface area contributed by atoms with Gasteiger partial charge >= 0.3 is 0 Å². The zero-order chi connectivity index (χ0) is 22.1. The zero-order valence-electron chi connectivity index (χ0n) is 16.8. The molecule has 5 rings (SSSR count). The molecule has 7 heteroatoms. The van der Waals surface area contributed by atoms with E-state index in [9.17, 15) is 5.11 Å². The quantitative estimate of drug-likeness (QED) is 0.336. The molecular formula is C25H18ClN3O2S. The van der Waals surface area contributed by atoms with Crippen LogP contribution < -0.4 is 9.64 Å². The summed E-state index contributed by atoms with van der Waals surface area (Å²) in [6, 6.07) is 24.5. The molecule has 0 amide bonds. The summed E-state index contributed by atoms with van der Waals surface area (Å²) in [5, 5.41) is 22.5. The first kappa shape index (κ1) is 20.3. The summed E-state index contributed by atoms with van der Waals surface area (Å²) in [4.78, 5) is 6.40. The molecule has 1 aliphatic heterocycles. The third kappa shape index (κ3) is 3.98. The number of nitrogens with zero attached hydrogens (tertiary/aromatic N) is 2. The van der Waals surface area contributed by atoms with Crippen LogP contribution in [0.5, 0.6) is 11.5 Å². The number of hydrogen-bond donors (Lipinski definition) is 2. The molecule has 4 aromatic rings. The number of benzene rings is 3. The highest BCUT2D eigenvalue weighted by Gasteiger charge is 2.31. The highest BCUT2D eigenvalue weighted by atomic mass is 35.5. The van der Waals surface area contributed by atoms with E-state index in [1.54, 1.807) is 4.90 Å². The average molecular weight is 460 g/mol. The van der Waals surface area contributed by atoms with Crippen LogP contribution in [0.15, 0.2) is 90.0 Å². The van der Waals surface area contributed by atoms with E-state index in [1.807, 2.05) is 84.2 Å². The number of anilines is 1. The summed E-state index contributed by atoms with van der Waals surface area (Å²) in [6.07, 6.45) is 0. The molecule has 0 unspecified atom stereocenters. The van der Waals surface area contributed by atoms with E-state index in [2.05, 4.69) is 4.98 Å². The summed E-state index contributed by atoms with van der Waals surface area (Å²) in [5.74, 6) is 1.82. The van der Waals surface area contributed by atoms with E-state index < -0.39 is 0 Å². The first-order valence-electron chi connectivity index (χ1n) is 9.92. The number of aromatic nitrogens is 1. The fraction of sp³-hybridized carbons (Fsp3) is 0.0400. The van der Waals surface area contributed by atoms with Crippen LogP contribution in [0, 0.1) is 5.41 Å². The largest absolute Gasteiger partial charge is 0.510 e. The maximum atomic E-state index is 10.6. The predicted octanol–water partition coefficient (Wildman–Crippen LogP) is 7.02. The number of hydrogen-bond acceptors (Lipinski definition) is 5. The van der Waals surface area contributed by atoms with Crippen molar-refractivity contribution in [3.63, 3.8) is 0 Å². The lowest BCUT2D eigenvalue weighted by molar-refractivity contribution is 0.411. The number of aliphatic hydroxyl groups excluding tert-OH is 1. The zero-order valence-corrected chi connectivity index (χ0v) is 18.4. The molecule has 0 bridgehead atoms. The molecule has 0 fully saturated rings. The van der Waals surface area contributed by atoms with Gasteiger partial charge in [0.1, 0.15) is 28.1 Å². The van der Waals surface area contributed by atoms with Gasteiger partial charge in [0.15, 0.2) is 0 Å². The second-order valence-corrected chi connectivity index (χ2v) is 8.50. The predicted molar refractivity (Wildman–Crippen MR) is 130 cm³/mol. The third-order valence-electron chi connectivity index (χ3n) is 5.09. The summed E-state index contributed by atoms with van der Waals surface area (Å²) >= 11 is 7.38. The Labute approximate surface area is 194 Å². The van der Waals surface area contributed by atoms with E-state index >= 15 is 0 Å². The van der Waals surface area contributed by atoms with Crippen LogP contribution in [0.4, 0.5) is 5.69 Å². The van der Waals surface area contributed by atoms with Crippen LogP contribution in [0.3, 0.4) is 0 Å². The van der Waals surface area contributed by atoms with E-state index in [1.165, 1.54) is 11.3 Å². The van der Waals surface area contributed by atoms with Crippen molar-refractivity contribution in [1.29, 1.82) is 5.41 Å². The summed E-state index contributed by atoms with van der Waals surface area (Å²) in [6.45, 7) is 0.225. The maximum Gasteiger partial charge on any atom is 0.139 e. The number of nitrogens with one attached hydrogen (secondary N) is 1. The Kier molecular flexibility index (Phi) is 5.39. The van der Waals surface area contributed by atoms with Crippen molar-refractivity contribution < 1.29 is 9.84 Å². The smallest absolute Gasteiger partial charge is 0.139 e. The molecule has 158 valence electrons. The molecule has 0 aliphatic carbocycles. The van der Waals surface area contributed by atoms with Gasteiger partial charge in [-0.3, -0.25) is 5.41 Å². The molecule has 2 N–H and O–H groups in total. The minimum atomic E-state index is 0.136. The summed E-state index contributed by atoms with van der Waals surface area (Å²) in [7, 11) is 0. The van der Waals surface area contributed by atoms with E-state index in [4.69, 9.17) is 21.7 Å². The van der Waals surface area contributed by atoms with Gasteiger partial charge < -0.3 is 14.7 Å². The maximum absolute atomic E-state index is 10.6. The Hall–Kier alpha value is -3.61. The molecular weight excluding hydrogens is 442 g/mol. The molecule has 0 atom stereocenters. The molecule has 3 aromatic carbocycles. The molecule has 0 saturated carbocycles. The lowest BCUT2D eigenvalue weighted by Gasteiger charge is -2.19. The number of para-hydroxylation sites is 1. The molecule has 0 saturated heterocycles. The fourth-order valence-corrected chi connectivity index (χ4v) is 4.51. The molecule has 0 radical (unpaired) electrons. The van der Waals surface area contributed by atoms with Crippen LogP contribution in [0.25, 0.3) is 16.8 Å². The number of thiazole rings is 1. The second kappa shape index (κ2) is 8.49. The second-order valence-electron chi connectivity index (χ2n) is 7.21. The summed E-state index contributed by atoms with van der Waals surface area (Å²) < 4.78 is 5.84. The Morgan fingerprint density at radius 2 is 1.62 bits per heavy atom. The van der Waals surface area contributed by atoms with E-state index in [0.29, 0.717) is 21.4 Å². The Bertz CT molecular complexity index is 1300. The van der Waals surface area contributed by atoms with Gasteiger partial charge in [-0.25, -0.2) is 4.98 Å². The number of aliphatic hydroxyl groups is 1. The van der Waals surface area contributed by atoms with Gasteiger partial charge in [0.05, 0.1) is 17.8 Å². The lowest BCUT2D eigenvalue weighted by atomic mass is 10.2. The molecule has 5 nitrogen and oxygen atoms in total. The lowest BCUT2D eigenvalue weighted by Crippen LogP contribution is -2.25. The van der Waals surface area contributed by atoms with Gasteiger partial charge in [-0.2, -0.15) is 0 Å². The standard InChI is InChI=1S/C25H18ClN3O2S/c26-17-8-6-16(7-9-17)21-15-32-25(28-21)23-22(30)14-29(24(23)27)18-10-12-20(13-11-18)31-19-4-2-1-3-5-19/h1-13,15,27,30H,14H2. The number of amidine groups is 1. The van der Waals surface area contributed by atoms with Crippen molar-refractivity contribution in [3.05, 3.63) is 100 Å². The molecule has 1 aromatic heterocycles. The highest BCUT2D eigenvalue weighted by Crippen LogP contribution is 2.35. The molecule has 32 heavy (non-hydrogen) atoms. The fourth-order valence-electron chi connectivity index (χ4n) is 3.49. The number of ether oxygens (including phenoxy) is 1. The van der Waals surface area contributed by atoms with Crippen molar-refractivity contribution >= 4 is 40.0 Å². The number of halogens is 1. The van der Waals surface area contributed by atoms with Crippen LogP contribution in [0.2, 0.25) is 5.02 Å². The molecule has 1 aliphatic rings. The minimum absolute atomic E-state index is 0.136. The Morgan fingerprint density at radius 3 is 2.34 bits per heavy atom. The van der Waals surface area contributed by atoms with Crippen molar-refractivity contribution in [2.45, 2.75) is 0 Å². The monoisotopic (exact) mass is 459 g/mol. The normalized spacial score (nSPS) is 13.7. The van der Waals surface area contributed by atoms with Gasteiger partial charge in [0.2, 0.25) is 0 Å². The van der Waals surface area contributed by atoms with Crippen LogP contribution >= 0.6 is 22.9 Å². The van der Waals surface area contributed by atoms with Crippen LogP contribution in [-0.2, 0) is 0 Å². The highest BCUT2D eigenvalue weighted by molar-refractivity contribution is 7.11. The Morgan fingerprint density at radius 1 is 0.938 bits per heavy atom. The first-order chi connectivity index (χ1) is 15.6. The minimum Gasteiger partial charge on any atom is -0.510 e. The van der Waals surface area contributed by atoms with Gasteiger partial charge in [-0.15, -0.1) is 11.3 Å².